The number of hydrogen-bond donors (Lipinski definition) is 0. The number of carbonyl (C=O) groups excluding carboxylic acids is 1. The molecular weight excluding hydrogens is 172 g/mol. The first-order valence-electron chi connectivity index (χ1n) is 5.29. The summed E-state index contributed by atoms with van der Waals surface area (Å²) in [5.74, 6) is 0.0931. The fourth-order valence-electron chi connectivity index (χ4n) is 1.55. The molecule has 1 nitrogen and oxygen atoms in total. The molecule has 1 rings (SSSR count). The van der Waals surface area contributed by atoms with Crippen LogP contribution in [0.2, 0.25) is 0 Å². The lowest BCUT2D eigenvalue weighted by Crippen LogP contribution is -1.99. The lowest BCUT2D eigenvalue weighted by atomic mass is 9.94. The molecule has 0 aliphatic heterocycles. The third-order valence-electron chi connectivity index (χ3n) is 2.54. The van der Waals surface area contributed by atoms with Crippen LogP contribution in [-0.2, 0) is 4.79 Å². The molecule has 1 atom stereocenters. The van der Waals surface area contributed by atoms with Gasteiger partial charge in [0.2, 0.25) is 0 Å². The summed E-state index contributed by atoms with van der Waals surface area (Å²) >= 11 is 0. The Hall–Kier alpha value is -1.11. The van der Waals surface area contributed by atoms with Crippen molar-refractivity contribution in [2.45, 2.75) is 39.0 Å². The lowest BCUT2D eigenvalue weighted by Gasteiger charge is -2.09. The van der Waals surface area contributed by atoms with Crippen molar-refractivity contribution in [1.82, 2.24) is 0 Å². The maximum atomic E-state index is 10.9. The van der Waals surface area contributed by atoms with Gasteiger partial charge in [0.1, 0.15) is 6.29 Å². The zero-order valence-electron chi connectivity index (χ0n) is 8.99. The first kappa shape index (κ1) is 11.0. The Labute approximate surface area is 86.1 Å². The molecule has 0 saturated heterocycles. The summed E-state index contributed by atoms with van der Waals surface area (Å²) in [5, 5.41) is 0. The zero-order valence-corrected chi connectivity index (χ0v) is 8.99. The SMILES string of the molecule is CCCCC(C=O)c1ccc(C)cc1. The van der Waals surface area contributed by atoms with Crippen molar-refractivity contribution in [3.8, 4) is 0 Å². The van der Waals surface area contributed by atoms with Crippen molar-refractivity contribution in [3.63, 3.8) is 0 Å². The molecule has 0 amide bonds. The third kappa shape index (κ3) is 2.99. The number of carbonyl (C=O) groups is 1. The fraction of sp³-hybridized carbons (Fsp3) is 0.462. The average Bonchev–Trinajstić information content (AvgIpc) is 2.21. The smallest absolute Gasteiger partial charge is 0.127 e. The minimum atomic E-state index is 0.0931. The van der Waals surface area contributed by atoms with Crippen LogP contribution in [-0.4, -0.2) is 6.29 Å². The van der Waals surface area contributed by atoms with Crippen molar-refractivity contribution in [3.05, 3.63) is 35.4 Å². The Morgan fingerprint density at radius 3 is 2.43 bits per heavy atom. The molecule has 0 aromatic heterocycles. The van der Waals surface area contributed by atoms with E-state index in [0.717, 1.165) is 31.1 Å². The van der Waals surface area contributed by atoms with Crippen molar-refractivity contribution < 1.29 is 4.79 Å². The Kier molecular flexibility index (Phi) is 4.37. The predicted molar refractivity (Wildman–Crippen MR) is 59.5 cm³/mol. The van der Waals surface area contributed by atoms with Crippen LogP contribution >= 0.6 is 0 Å². The highest BCUT2D eigenvalue weighted by Crippen LogP contribution is 2.20. The van der Waals surface area contributed by atoms with Crippen LogP contribution in [0, 0.1) is 6.92 Å². The molecule has 0 bridgehead atoms. The fourth-order valence-corrected chi connectivity index (χ4v) is 1.55. The number of benzene rings is 1. The number of aryl methyl sites for hydroxylation is 1. The van der Waals surface area contributed by atoms with E-state index in [9.17, 15) is 4.79 Å². The van der Waals surface area contributed by atoms with Crippen molar-refractivity contribution >= 4 is 6.29 Å². The summed E-state index contributed by atoms with van der Waals surface area (Å²) in [6.45, 7) is 4.21. The molecule has 0 heterocycles. The van der Waals surface area contributed by atoms with E-state index in [2.05, 4.69) is 38.1 Å². The van der Waals surface area contributed by atoms with E-state index in [4.69, 9.17) is 0 Å². The summed E-state index contributed by atoms with van der Waals surface area (Å²) in [7, 11) is 0. The monoisotopic (exact) mass is 190 g/mol. The van der Waals surface area contributed by atoms with E-state index in [1.807, 2.05) is 0 Å². The molecule has 14 heavy (non-hydrogen) atoms. The second-order valence-electron chi connectivity index (χ2n) is 3.80. The molecule has 0 fully saturated rings. The standard InChI is InChI=1S/C13H18O/c1-3-4-5-13(10-14)12-8-6-11(2)7-9-12/h6-10,13H,3-5H2,1-2H3. The van der Waals surface area contributed by atoms with Gasteiger partial charge >= 0.3 is 0 Å². The lowest BCUT2D eigenvalue weighted by molar-refractivity contribution is -0.109. The molecule has 0 saturated carbocycles. The number of rotatable bonds is 5. The van der Waals surface area contributed by atoms with E-state index in [0.29, 0.717) is 0 Å². The molecule has 0 aliphatic rings. The molecule has 0 radical (unpaired) electrons. The second-order valence-corrected chi connectivity index (χ2v) is 3.80. The van der Waals surface area contributed by atoms with Crippen LogP contribution in [0.25, 0.3) is 0 Å². The van der Waals surface area contributed by atoms with Crippen LogP contribution < -0.4 is 0 Å². The Bertz CT molecular complexity index is 274. The highest BCUT2D eigenvalue weighted by molar-refractivity contribution is 5.62. The molecule has 0 N–H and O–H groups in total. The first-order valence-corrected chi connectivity index (χ1v) is 5.29. The van der Waals surface area contributed by atoms with Crippen LogP contribution in [0.1, 0.15) is 43.2 Å². The van der Waals surface area contributed by atoms with Crippen LogP contribution in [0.3, 0.4) is 0 Å². The van der Waals surface area contributed by atoms with Gasteiger partial charge in [-0.25, -0.2) is 0 Å². The van der Waals surface area contributed by atoms with Gasteiger partial charge in [0, 0.05) is 5.92 Å². The van der Waals surface area contributed by atoms with Gasteiger partial charge in [-0.05, 0) is 18.9 Å². The average molecular weight is 190 g/mol. The minimum absolute atomic E-state index is 0.0931. The zero-order chi connectivity index (χ0) is 10.4. The van der Waals surface area contributed by atoms with Gasteiger partial charge in [-0.15, -0.1) is 0 Å². The first-order chi connectivity index (χ1) is 6.77. The summed E-state index contributed by atoms with van der Waals surface area (Å²) < 4.78 is 0. The Morgan fingerprint density at radius 2 is 1.93 bits per heavy atom. The van der Waals surface area contributed by atoms with Gasteiger partial charge in [-0.1, -0.05) is 49.6 Å². The van der Waals surface area contributed by atoms with Crippen molar-refractivity contribution in [2.75, 3.05) is 0 Å². The second kappa shape index (κ2) is 5.58. The normalized spacial score (nSPS) is 12.4. The quantitative estimate of drug-likeness (QED) is 0.650. The van der Waals surface area contributed by atoms with Crippen LogP contribution in [0.15, 0.2) is 24.3 Å². The molecule has 76 valence electrons. The van der Waals surface area contributed by atoms with Gasteiger partial charge in [-0.2, -0.15) is 0 Å². The van der Waals surface area contributed by atoms with Crippen LogP contribution in [0.4, 0.5) is 0 Å². The van der Waals surface area contributed by atoms with Gasteiger partial charge in [0.25, 0.3) is 0 Å². The van der Waals surface area contributed by atoms with E-state index in [-0.39, 0.29) is 5.92 Å². The van der Waals surface area contributed by atoms with E-state index in [1.165, 1.54) is 5.56 Å². The molecular formula is C13H18O. The Morgan fingerprint density at radius 1 is 1.29 bits per heavy atom. The molecule has 0 aliphatic carbocycles. The Balaban J connectivity index is 2.68. The van der Waals surface area contributed by atoms with Crippen molar-refractivity contribution in [1.29, 1.82) is 0 Å². The summed E-state index contributed by atoms with van der Waals surface area (Å²) in [4.78, 5) is 10.9. The highest BCUT2D eigenvalue weighted by Gasteiger charge is 2.08. The molecule has 1 unspecified atom stereocenters. The van der Waals surface area contributed by atoms with E-state index < -0.39 is 0 Å². The largest absolute Gasteiger partial charge is 0.303 e. The predicted octanol–water partition coefficient (Wildman–Crippen LogP) is 3.47. The minimum Gasteiger partial charge on any atom is -0.303 e. The number of hydrogen-bond acceptors (Lipinski definition) is 1. The maximum Gasteiger partial charge on any atom is 0.127 e. The maximum absolute atomic E-state index is 10.9. The van der Waals surface area contributed by atoms with Crippen LogP contribution in [0.5, 0.6) is 0 Å². The van der Waals surface area contributed by atoms with Gasteiger partial charge in [0.05, 0.1) is 0 Å². The molecule has 1 aromatic carbocycles. The van der Waals surface area contributed by atoms with Crippen molar-refractivity contribution in [2.24, 2.45) is 0 Å². The molecule has 1 aromatic rings. The molecule has 1 heteroatoms. The summed E-state index contributed by atoms with van der Waals surface area (Å²) in [6.07, 6.45) is 4.32. The van der Waals surface area contributed by atoms with Gasteiger partial charge in [0.15, 0.2) is 0 Å². The van der Waals surface area contributed by atoms with Gasteiger partial charge in [-0.3, -0.25) is 0 Å². The summed E-state index contributed by atoms with van der Waals surface area (Å²) in [5.41, 5.74) is 2.40. The highest BCUT2D eigenvalue weighted by atomic mass is 16.1. The number of aldehydes is 1. The number of unbranched alkanes of at least 4 members (excludes halogenated alkanes) is 1. The topological polar surface area (TPSA) is 17.1 Å². The van der Waals surface area contributed by atoms with E-state index in [1.54, 1.807) is 0 Å². The third-order valence-corrected chi connectivity index (χ3v) is 2.54. The van der Waals surface area contributed by atoms with E-state index >= 15 is 0 Å². The molecule has 0 spiro atoms. The summed E-state index contributed by atoms with van der Waals surface area (Å²) in [6, 6.07) is 8.25. The van der Waals surface area contributed by atoms with Gasteiger partial charge < -0.3 is 4.79 Å².